The highest BCUT2D eigenvalue weighted by Crippen LogP contribution is 2.44. The van der Waals surface area contributed by atoms with Crippen LogP contribution in [0.4, 0.5) is 11.4 Å². The Balaban J connectivity index is 0.000000214. The van der Waals surface area contributed by atoms with Gasteiger partial charge in [-0.2, -0.15) is 10.5 Å². The van der Waals surface area contributed by atoms with Gasteiger partial charge in [-0.25, -0.2) is 0 Å². The number of aliphatic hydroxyl groups excluding tert-OH is 1. The van der Waals surface area contributed by atoms with Crippen molar-refractivity contribution in [2.24, 2.45) is 0 Å². The Labute approximate surface area is 319 Å². The van der Waals surface area contributed by atoms with Gasteiger partial charge in [0, 0.05) is 35.4 Å². The third-order valence-electron chi connectivity index (χ3n) is 8.61. The molecule has 3 N–H and O–H groups in total. The van der Waals surface area contributed by atoms with E-state index in [1.54, 1.807) is 42.5 Å². The predicted octanol–water partition coefficient (Wildman–Crippen LogP) is 8.01. The number of rotatable bonds is 10. The number of benzene rings is 6. The molecule has 0 aliphatic carbocycles. The quantitative estimate of drug-likeness (QED) is 0.0687. The highest BCUT2D eigenvalue weighted by molar-refractivity contribution is 6.12. The first kappa shape index (κ1) is 39.1. The van der Waals surface area contributed by atoms with E-state index in [0.29, 0.717) is 39.1 Å². The number of ketones is 1. The number of phenols is 2. The van der Waals surface area contributed by atoms with Crippen molar-refractivity contribution >= 4 is 17.2 Å². The second-order valence-corrected chi connectivity index (χ2v) is 11.9. The minimum atomic E-state index is -1.16. The largest absolute Gasteiger partial charge is 0.507 e. The average molecular weight is 751 g/mol. The first-order valence-corrected chi connectivity index (χ1v) is 16.4. The lowest BCUT2D eigenvalue weighted by molar-refractivity contribution is -0.385. The minimum Gasteiger partial charge on any atom is -0.507 e. The van der Waals surface area contributed by atoms with E-state index in [2.05, 4.69) is 0 Å². The number of nitro groups is 2. The van der Waals surface area contributed by atoms with Crippen LogP contribution in [0, 0.1) is 42.9 Å². The van der Waals surface area contributed by atoms with E-state index in [-0.39, 0.29) is 50.9 Å². The summed E-state index contributed by atoms with van der Waals surface area (Å²) in [4.78, 5) is 33.9. The third kappa shape index (κ3) is 8.26. The fourth-order valence-corrected chi connectivity index (χ4v) is 5.78. The van der Waals surface area contributed by atoms with Crippen LogP contribution in [0.15, 0.2) is 121 Å². The summed E-state index contributed by atoms with van der Waals surface area (Å²) in [5, 5.41) is 72.3. The van der Waals surface area contributed by atoms with Gasteiger partial charge in [-0.1, -0.05) is 36.4 Å². The van der Waals surface area contributed by atoms with Gasteiger partial charge in [0.2, 0.25) is 0 Å². The van der Waals surface area contributed by atoms with Crippen LogP contribution in [-0.4, -0.2) is 45.2 Å². The summed E-state index contributed by atoms with van der Waals surface area (Å²) in [5.41, 5.74) is 2.77. The molecule has 1 atom stereocenters. The van der Waals surface area contributed by atoms with Crippen LogP contribution in [-0.2, 0) is 0 Å². The van der Waals surface area contributed by atoms with E-state index in [0.717, 1.165) is 0 Å². The molecular formula is C42H30N4O10. The smallest absolute Gasteiger partial charge is 0.270 e. The number of phenolic OH excluding ortho intramolecular Hbond substituents is 2. The molecule has 14 nitrogen and oxygen atoms in total. The summed E-state index contributed by atoms with van der Waals surface area (Å²) in [6.07, 6.45) is -1.16. The van der Waals surface area contributed by atoms with Crippen LogP contribution in [0.1, 0.15) is 44.3 Å². The molecule has 14 heteroatoms. The fourth-order valence-electron chi connectivity index (χ4n) is 5.78. The van der Waals surface area contributed by atoms with Crippen LogP contribution in [0.5, 0.6) is 23.0 Å². The van der Waals surface area contributed by atoms with Crippen molar-refractivity contribution in [3.63, 3.8) is 0 Å². The van der Waals surface area contributed by atoms with Gasteiger partial charge in [0.05, 0.1) is 64.0 Å². The number of ether oxygens (including phenoxy) is 2. The first-order valence-electron chi connectivity index (χ1n) is 16.4. The molecule has 0 aromatic heterocycles. The Hall–Kier alpha value is -8.07. The van der Waals surface area contributed by atoms with Gasteiger partial charge in [-0.05, 0) is 77.4 Å². The molecule has 0 aliphatic heterocycles. The number of nitro benzene ring substituents is 2. The number of nitriles is 2. The molecule has 6 aromatic carbocycles. The standard InChI is InChI=1S/C21H16N2O5.C21H14N2O5/c2*1-28-18-10-9-17(20(24)14-7-5-13(12-22)6-8-14)21(25)19(18)15-3-2-4-16(11-15)23(26)27/h2-11,20,24-25H,1H3;2-11,25H,1H3. The van der Waals surface area contributed by atoms with Gasteiger partial charge < -0.3 is 24.8 Å². The lowest BCUT2D eigenvalue weighted by Crippen LogP contribution is -2.03. The predicted molar refractivity (Wildman–Crippen MR) is 203 cm³/mol. The van der Waals surface area contributed by atoms with Crippen molar-refractivity contribution in [2.75, 3.05) is 14.2 Å². The van der Waals surface area contributed by atoms with Crippen molar-refractivity contribution < 1.29 is 39.4 Å². The zero-order valence-electron chi connectivity index (χ0n) is 29.6. The van der Waals surface area contributed by atoms with E-state index < -0.39 is 21.7 Å². The van der Waals surface area contributed by atoms with E-state index in [4.69, 9.17) is 20.0 Å². The Morgan fingerprint density at radius 1 is 0.661 bits per heavy atom. The molecule has 0 saturated carbocycles. The van der Waals surface area contributed by atoms with Gasteiger partial charge in [0.15, 0.2) is 5.78 Å². The van der Waals surface area contributed by atoms with E-state index in [9.17, 15) is 40.3 Å². The normalized spacial score (nSPS) is 10.8. The average Bonchev–Trinajstić information content (AvgIpc) is 3.23. The Morgan fingerprint density at radius 2 is 1.12 bits per heavy atom. The highest BCUT2D eigenvalue weighted by Gasteiger charge is 2.24. The summed E-state index contributed by atoms with van der Waals surface area (Å²) in [6.45, 7) is 0. The molecule has 6 aromatic rings. The maximum absolute atomic E-state index is 12.8. The molecule has 278 valence electrons. The number of non-ortho nitro benzene ring substituents is 2. The van der Waals surface area contributed by atoms with Crippen LogP contribution < -0.4 is 9.47 Å². The van der Waals surface area contributed by atoms with Crippen LogP contribution >= 0.6 is 0 Å². The number of aromatic hydroxyl groups is 2. The molecule has 0 radical (unpaired) electrons. The Bertz CT molecular complexity index is 2540. The summed E-state index contributed by atoms with van der Waals surface area (Å²) in [5.74, 6) is -0.439. The molecule has 0 amide bonds. The number of carbonyl (C=O) groups excluding carboxylic acids is 1. The Kier molecular flexibility index (Phi) is 12.0. The van der Waals surface area contributed by atoms with Gasteiger partial charge >= 0.3 is 0 Å². The van der Waals surface area contributed by atoms with Crippen LogP contribution in [0.2, 0.25) is 0 Å². The van der Waals surface area contributed by atoms with Gasteiger partial charge in [0.1, 0.15) is 29.1 Å². The zero-order chi connectivity index (χ0) is 40.5. The van der Waals surface area contributed by atoms with Crippen molar-refractivity contribution in [3.8, 4) is 57.4 Å². The summed E-state index contributed by atoms with van der Waals surface area (Å²) >= 11 is 0. The molecule has 0 bridgehead atoms. The molecule has 6 rings (SSSR count). The number of nitrogens with zero attached hydrogens (tertiary/aromatic N) is 4. The van der Waals surface area contributed by atoms with Crippen molar-refractivity contribution in [3.05, 3.63) is 175 Å². The third-order valence-corrected chi connectivity index (χ3v) is 8.61. The molecule has 56 heavy (non-hydrogen) atoms. The summed E-state index contributed by atoms with van der Waals surface area (Å²) in [7, 11) is 2.82. The summed E-state index contributed by atoms with van der Waals surface area (Å²) in [6, 6.07) is 33.9. The number of methoxy groups -OCH3 is 2. The number of aliphatic hydroxyl groups is 1. The maximum atomic E-state index is 12.8. The maximum Gasteiger partial charge on any atom is 0.270 e. The van der Waals surface area contributed by atoms with Crippen LogP contribution in [0.3, 0.4) is 0 Å². The van der Waals surface area contributed by atoms with Gasteiger partial charge in [-0.15, -0.1) is 0 Å². The molecule has 1 unspecified atom stereocenters. The van der Waals surface area contributed by atoms with Gasteiger partial charge in [-0.3, -0.25) is 25.0 Å². The fraction of sp³-hybridized carbons (Fsp3) is 0.0714. The number of carbonyl (C=O) groups is 1. The Morgan fingerprint density at radius 3 is 1.59 bits per heavy atom. The second kappa shape index (κ2) is 17.2. The lowest BCUT2D eigenvalue weighted by atomic mass is 9.94. The lowest BCUT2D eigenvalue weighted by Gasteiger charge is -2.18. The number of hydrogen-bond donors (Lipinski definition) is 3. The SMILES string of the molecule is COc1ccc(C(=O)c2ccc(C#N)cc2)c(O)c1-c1cccc([N+](=O)[O-])c1.COc1ccc(C(O)c2ccc(C#N)cc2)c(O)c1-c1cccc([N+](=O)[O-])c1. The molecule has 0 saturated heterocycles. The topological polar surface area (TPSA) is 230 Å². The monoisotopic (exact) mass is 750 g/mol. The van der Waals surface area contributed by atoms with E-state index in [1.165, 1.54) is 93.1 Å². The molecule has 0 aliphatic rings. The molecule has 0 fully saturated rings. The zero-order valence-corrected chi connectivity index (χ0v) is 29.6. The molecule has 0 spiro atoms. The first-order chi connectivity index (χ1) is 26.9. The van der Waals surface area contributed by atoms with Crippen molar-refractivity contribution in [1.29, 1.82) is 10.5 Å². The number of hydrogen-bond acceptors (Lipinski definition) is 12. The minimum absolute atomic E-state index is 0.0204. The van der Waals surface area contributed by atoms with E-state index in [1.807, 2.05) is 12.1 Å². The summed E-state index contributed by atoms with van der Waals surface area (Å²) < 4.78 is 10.6. The molecular weight excluding hydrogens is 720 g/mol. The second-order valence-electron chi connectivity index (χ2n) is 11.9. The van der Waals surface area contributed by atoms with Crippen LogP contribution in [0.25, 0.3) is 22.3 Å². The molecule has 0 heterocycles. The van der Waals surface area contributed by atoms with Gasteiger partial charge in [0.25, 0.3) is 11.4 Å². The van der Waals surface area contributed by atoms with Crippen molar-refractivity contribution in [1.82, 2.24) is 0 Å². The highest BCUT2D eigenvalue weighted by atomic mass is 16.6. The van der Waals surface area contributed by atoms with Crippen molar-refractivity contribution in [2.45, 2.75) is 6.10 Å². The van der Waals surface area contributed by atoms with E-state index >= 15 is 0 Å².